The summed E-state index contributed by atoms with van der Waals surface area (Å²) in [6, 6.07) is 0. The Balaban J connectivity index is 2.42. The largest absolute Gasteiger partial charge is 0.479 e. The molecule has 1 aliphatic rings. The summed E-state index contributed by atoms with van der Waals surface area (Å²) in [6.45, 7) is 1.91. The van der Waals surface area contributed by atoms with E-state index >= 15 is 0 Å². The Bertz CT molecular complexity index is 276. The van der Waals surface area contributed by atoms with Crippen molar-refractivity contribution in [1.29, 1.82) is 0 Å². The lowest BCUT2D eigenvalue weighted by Crippen LogP contribution is -2.45. The molecule has 0 bridgehead atoms. The van der Waals surface area contributed by atoms with Crippen molar-refractivity contribution in [3.05, 3.63) is 0 Å². The second kappa shape index (κ2) is 5.54. The molecule has 2 atom stereocenters. The molecule has 1 rings (SSSR count). The zero-order chi connectivity index (χ0) is 12.2. The molecule has 1 saturated heterocycles. The highest BCUT2D eigenvalue weighted by Crippen LogP contribution is 2.37. The van der Waals surface area contributed by atoms with Crippen LogP contribution < -0.4 is 5.32 Å². The van der Waals surface area contributed by atoms with Crippen molar-refractivity contribution < 1.29 is 19.4 Å². The molecule has 2 N–H and O–H groups in total. The van der Waals surface area contributed by atoms with E-state index in [2.05, 4.69) is 5.32 Å². The highest BCUT2D eigenvalue weighted by molar-refractivity contribution is 8.01. The Kier molecular flexibility index (Phi) is 4.61. The van der Waals surface area contributed by atoms with Gasteiger partial charge in [-0.2, -0.15) is 0 Å². The number of amides is 1. The van der Waals surface area contributed by atoms with Crippen molar-refractivity contribution in [2.75, 3.05) is 19.4 Å². The van der Waals surface area contributed by atoms with Gasteiger partial charge in [0.25, 0.3) is 0 Å². The Labute approximate surface area is 98.9 Å². The molecule has 0 aromatic heterocycles. The van der Waals surface area contributed by atoms with E-state index in [9.17, 15) is 9.59 Å². The summed E-state index contributed by atoms with van der Waals surface area (Å²) < 4.78 is 4.33. The Morgan fingerprint density at radius 3 is 2.75 bits per heavy atom. The van der Waals surface area contributed by atoms with Crippen molar-refractivity contribution in [3.8, 4) is 0 Å². The minimum Gasteiger partial charge on any atom is -0.479 e. The molecule has 0 radical (unpaired) electrons. The number of methoxy groups -OCH3 is 1. The maximum absolute atomic E-state index is 11.8. The molecule has 1 fully saturated rings. The summed E-state index contributed by atoms with van der Waals surface area (Å²) in [7, 11) is 1.32. The van der Waals surface area contributed by atoms with Crippen molar-refractivity contribution in [2.24, 2.45) is 0 Å². The topological polar surface area (TPSA) is 75.6 Å². The fourth-order valence-electron chi connectivity index (χ4n) is 1.60. The third-order valence-corrected chi connectivity index (χ3v) is 4.23. The van der Waals surface area contributed by atoms with Gasteiger partial charge in [0.15, 0.2) is 6.10 Å². The molecule has 0 aliphatic carbocycles. The number of hydrogen-bond acceptors (Lipinski definition) is 4. The van der Waals surface area contributed by atoms with Gasteiger partial charge in [-0.25, -0.2) is 4.79 Å². The lowest BCUT2D eigenvalue weighted by Gasteiger charge is -2.22. The normalized spacial score (nSPS) is 26.4. The summed E-state index contributed by atoms with van der Waals surface area (Å²) in [4.78, 5) is 22.5. The molecule has 0 saturated carbocycles. The standard InChI is InChI=1S/C10H17NO4S/c1-10(4-3-5-16-10)9(14)11-6-7(15-2)8(12)13/h7H,3-6H2,1-2H3,(H,11,14)(H,12,13). The molecule has 0 spiro atoms. The third-order valence-electron chi connectivity index (χ3n) is 2.71. The second-order valence-electron chi connectivity index (χ2n) is 3.96. The number of ether oxygens (including phenoxy) is 1. The van der Waals surface area contributed by atoms with Crippen LogP contribution in [0.5, 0.6) is 0 Å². The van der Waals surface area contributed by atoms with E-state index in [4.69, 9.17) is 9.84 Å². The Hall–Kier alpha value is -0.750. The molecule has 2 unspecified atom stereocenters. The van der Waals surface area contributed by atoms with Crippen LogP contribution in [0.25, 0.3) is 0 Å². The van der Waals surface area contributed by atoms with Crippen LogP contribution in [0, 0.1) is 0 Å². The van der Waals surface area contributed by atoms with Crippen molar-refractivity contribution >= 4 is 23.6 Å². The lowest BCUT2D eigenvalue weighted by atomic mass is 10.0. The summed E-state index contributed by atoms with van der Waals surface area (Å²) in [6.07, 6.45) is 0.897. The SMILES string of the molecule is COC(CNC(=O)C1(C)CCCS1)C(=O)O. The number of aliphatic carboxylic acids is 1. The molecule has 1 amide bonds. The van der Waals surface area contributed by atoms with Crippen molar-refractivity contribution in [3.63, 3.8) is 0 Å². The minimum absolute atomic E-state index is 0.0147. The van der Waals surface area contributed by atoms with E-state index in [1.165, 1.54) is 7.11 Å². The summed E-state index contributed by atoms with van der Waals surface area (Å²) >= 11 is 1.62. The molecule has 1 aliphatic heterocycles. The first kappa shape index (κ1) is 13.3. The van der Waals surface area contributed by atoms with E-state index in [1.54, 1.807) is 11.8 Å². The van der Waals surface area contributed by atoms with Crippen LogP contribution in [0.4, 0.5) is 0 Å². The number of nitrogens with one attached hydrogen (secondary N) is 1. The van der Waals surface area contributed by atoms with Gasteiger partial charge in [0.1, 0.15) is 0 Å². The molecule has 0 aromatic rings. The zero-order valence-corrected chi connectivity index (χ0v) is 10.3. The molecule has 92 valence electrons. The number of rotatable bonds is 5. The van der Waals surface area contributed by atoms with Gasteiger partial charge >= 0.3 is 5.97 Å². The van der Waals surface area contributed by atoms with Crippen LogP contribution in [0.15, 0.2) is 0 Å². The lowest BCUT2D eigenvalue weighted by molar-refractivity contribution is -0.148. The molecular weight excluding hydrogens is 230 g/mol. The molecule has 5 nitrogen and oxygen atoms in total. The summed E-state index contributed by atoms with van der Waals surface area (Å²) in [5.41, 5.74) is 0. The fraction of sp³-hybridized carbons (Fsp3) is 0.800. The predicted octanol–water partition coefficient (Wildman–Crippen LogP) is 0.488. The quantitative estimate of drug-likeness (QED) is 0.739. The van der Waals surface area contributed by atoms with Crippen LogP contribution in [0.1, 0.15) is 19.8 Å². The Morgan fingerprint density at radius 2 is 2.31 bits per heavy atom. The van der Waals surface area contributed by atoms with Gasteiger partial charge in [-0.15, -0.1) is 11.8 Å². The minimum atomic E-state index is -1.06. The van der Waals surface area contributed by atoms with E-state index in [0.717, 1.165) is 18.6 Å². The molecule has 16 heavy (non-hydrogen) atoms. The van der Waals surface area contributed by atoms with Gasteiger partial charge in [-0.05, 0) is 25.5 Å². The highest BCUT2D eigenvalue weighted by atomic mass is 32.2. The molecule has 1 heterocycles. The molecule has 0 aromatic carbocycles. The van der Waals surface area contributed by atoms with E-state index in [-0.39, 0.29) is 12.5 Å². The van der Waals surface area contributed by atoms with Crippen molar-refractivity contribution in [1.82, 2.24) is 5.32 Å². The highest BCUT2D eigenvalue weighted by Gasteiger charge is 2.37. The average Bonchev–Trinajstić information content (AvgIpc) is 2.66. The monoisotopic (exact) mass is 247 g/mol. The number of carboxylic acid groups (broad SMARTS) is 1. The van der Waals surface area contributed by atoms with Crippen LogP contribution >= 0.6 is 11.8 Å². The summed E-state index contributed by atoms with van der Waals surface area (Å²) in [5.74, 6) is -0.179. The van der Waals surface area contributed by atoms with E-state index < -0.39 is 16.8 Å². The van der Waals surface area contributed by atoms with Gasteiger partial charge in [0.05, 0.1) is 11.3 Å². The first-order valence-corrected chi connectivity index (χ1v) is 6.16. The van der Waals surface area contributed by atoms with Crippen LogP contribution in [0.3, 0.4) is 0 Å². The predicted molar refractivity (Wildman–Crippen MR) is 61.5 cm³/mol. The van der Waals surface area contributed by atoms with Crippen LogP contribution in [-0.4, -0.2) is 47.2 Å². The number of thioether (sulfide) groups is 1. The van der Waals surface area contributed by atoms with Crippen molar-refractivity contribution in [2.45, 2.75) is 30.6 Å². The number of carbonyl (C=O) groups is 2. The second-order valence-corrected chi connectivity index (χ2v) is 5.55. The van der Waals surface area contributed by atoms with E-state index in [1.807, 2.05) is 6.92 Å². The first-order chi connectivity index (χ1) is 7.49. The zero-order valence-electron chi connectivity index (χ0n) is 9.49. The third kappa shape index (κ3) is 3.12. The number of carboxylic acids is 1. The van der Waals surface area contributed by atoms with Gasteiger partial charge in [0.2, 0.25) is 5.91 Å². The average molecular weight is 247 g/mol. The van der Waals surface area contributed by atoms with Gasteiger partial charge in [-0.1, -0.05) is 0 Å². The first-order valence-electron chi connectivity index (χ1n) is 5.17. The fourth-order valence-corrected chi connectivity index (χ4v) is 2.83. The number of carbonyl (C=O) groups excluding carboxylic acids is 1. The van der Waals surface area contributed by atoms with Gasteiger partial charge in [0, 0.05) is 7.11 Å². The molecular formula is C10H17NO4S. The maximum Gasteiger partial charge on any atom is 0.334 e. The smallest absolute Gasteiger partial charge is 0.334 e. The molecule has 6 heteroatoms. The van der Waals surface area contributed by atoms with Crippen LogP contribution in [-0.2, 0) is 14.3 Å². The maximum atomic E-state index is 11.8. The van der Waals surface area contributed by atoms with E-state index in [0.29, 0.717) is 0 Å². The number of hydrogen-bond donors (Lipinski definition) is 2. The summed E-state index contributed by atoms with van der Waals surface area (Å²) in [5, 5.41) is 11.4. The van der Waals surface area contributed by atoms with Gasteiger partial charge in [-0.3, -0.25) is 4.79 Å². The Morgan fingerprint density at radius 1 is 1.62 bits per heavy atom. The van der Waals surface area contributed by atoms with Crippen LogP contribution in [0.2, 0.25) is 0 Å². The van der Waals surface area contributed by atoms with Gasteiger partial charge < -0.3 is 15.2 Å².